The number of H-pyrrole nitrogens is 2. The molecule has 0 unspecified atom stereocenters. The molecular formula is C26H22N8OS. The van der Waals surface area contributed by atoms with Gasteiger partial charge >= 0.3 is 0 Å². The lowest BCUT2D eigenvalue weighted by Gasteiger charge is -2.07. The first-order valence-electron chi connectivity index (χ1n) is 11.7. The minimum absolute atomic E-state index is 0.0161. The van der Waals surface area contributed by atoms with E-state index in [1.807, 2.05) is 41.8 Å². The number of nitrogens with one attached hydrogen (secondary N) is 3. The Morgan fingerprint density at radius 3 is 2.83 bits per heavy atom. The number of rotatable bonds is 7. The quantitative estimate of drug-likeness (QED) is 0.257. The van der Waals surface area contributed by atoms with Crippen LogP contribution in [0, 0.1) is 0 Å². The molecule has 0 spiro atoms. The molecule has 0 saturated carbocycles. The fourth-order valence-electron chi connectivity index (χ4n) is 4.08. The molecule has 178 valence electrons. The van der Waals surface area contributed by atoms with Crippen molar-refractivity contribution < 1.29 is 4.79 Å². The second-order valence-electron chi connectivity index (χ2n) is 8.40. The van der Waals surface area contributed by atoms with E-state index in [1.54, 1.807) is 29.9 Å². The molecule has 1 amide bonds. The lowest BCUT2D eigenvalue weighted by molar-refractivity contribution is -0.116. The first-order valence-corrected chi connectivity index (χ1v) is 12.6. The first kappa shape index (κ1) is 22.1. The van der Waals surface area contributed by atoms with Crippen molar-refractivity contribution in [1.82, 2.24) is 35.1 Å². The first-order chi connectivity index (χ1) is 17.7. The topological polar surface area (TPSA) is 125 Å². The van der Waals surface area contributed by atoms with E-state index in [0.29, 0.717) is 29.1 Å². The third-order valence-corrected chi connectivity index (χ3v) is 6.74. The number of nitrogens with zero attached hydrogens (tertiary/aromatic N) is 5. The van der Waals surface area contributed by atoms with Gasteiger partial charge in [0.1, 0.15) is 16.7 Å². The summed E-state index contributed by atoms with van der Waals surface area (Å²) in [6.07, 6.45) is 7.47. The van der Waals surface area contributed by atoms with Crippen molar-refractivity contribution in [3.63, 3.8) is 0 Å². The number of aromatic amines is 2. The highest BCUT2D eigenvalue weighted by atomic mass is 32.1. The van der Waals surface area contributed by atoms with Crippen molar-refractivity contribution in [1.29, 1.82) is 0 Å². The van der Waals surface area contributed by atoms with Crippen LogP contribution in [0.3, 0.4) is 0 Å². The van der Waals surface area contributed by atoms with Gasteiger partial charge in [0, 0.05) is 24.4 Å². The van der Waals surface area contributed by atoms with Crippen LogP contribution in [0.15, 0.2) is 60.4 Å². The smallest absolute Gasteiger partial charge is 0.224 e. The maximum atomic E-state index is 12.2. The van der Waals surface area contributed by atoms with Crippen LogP contribution in [0.25, 0.3) is 55.4 Å². The Bertz CT molecular complexity index is 1690. The molecule has 9 nitrogen and oxygen atoms in total. The van der Waals surface area contributed by atoms with Crippen molar-refractivity contribution in [2.24, 2.45) is 0 Å². The molecule has 0 aliphatic carbocycles. The third kappa shape index (κ3) is 4.11. The molecule has 10 heteroatoms. The summed E-state index contributed by atoms with van der Waals surface area (Å²) in [5.41, 5.74) is 6.78. The van der Waals surface area contributed by atoms with Crippen LogP contribution in [0.1, 0.15) is 26.2 Å². The number of fused-ring (bicyclic) bond motifs is 2. The molecule has 0 bridgehead atoms. The number of amides is 1. The summed E-state index contributed by atoms with van der Waals surface area (Å²) in [5.74, 6) is 0.597. The molecule has 6 aromatic rings. The average Bonchev–Trinajstić information content (AvgIpc) is 3.66. The second-order valence-corrected chi connectivity index (χ2v) is 9.35. The van der Waals surface area contributed by atoms with Crippen LogP contribution >= 0.6 is 11.3 Å². The van der Waals surface area contributed by atoms with E-state index in [4.69, 9.17) is 9.97 Å². The van der Waals surface area contributed by atoms with Gasteiger partial charge in [-0.3, -0.25) is 19.9 Å². The summed E-state index contributed by atoms with van der Waals surface area (Å²) in [5, 5.41) is 12.5. The number of carbonyl (C=O) groups excluding carboxylic acids is 1. The van der Waals surface area contributed by atoms with Gasteiger partial charge in [-0.2, -0.15) is 5.10 Å². The largest absolute Gasteiger partial charge is 0.336 e. The number of aromatic nitrogens is 7. The Hall–Kier alpha value is -4.44. The molecule has 0 radical (unpaired) electrons. The predicted molar refractivity (Wildman–Crippen MR) is 141 cm³/mol. The van der Waals surface area contributed by atoms with Crippen molar-refractivity contribution in [2.45, 2.75) is 26.2 Å². The second kappa shape index (κ2) is 9.31. The van der Waals surface area contributed by atoms with Gasteiger partial charge in [0.15, 0.2) is 11.5 Å². The average molecular weight is 495 g/mol. The molecule has 0 saturated heterocycles. The van der Waals surface area contributed by atoms with Gasteiger partial charge in [0.25, 0.3) is 0 Å². The van der Waals surface area contributed by atoms with E-state index in [9.17, 15) is 4.79 Å². The van der Waals surface area contributed by atoms with E-state index in [1.165, 1.54) is 0 Å². The number of unbranched alkanes of at least 4 members (excludes halogenated alkanes) is 1. The van der Waals surface area contributed by atoms with E-state index >= 15 is 0 Å². The van der Waals surface area contributed by atoms with Gasteiger partial charge in [-0.05, 0) is 42.1 Å². The molecule has 0 aliphatic rings. The Morgan fingerprint density at radius 1 is 1.06 bits per heavy atom. The lowest BCUT2D eigenvalue weighted by atomic mass is 10.1. The molecule has 3 N–H and O–H groups in total. The van der Waals surface area contributed by atoms with Crippen LogP contribution in [-0.4, -0.2) is 41.0 Å². The zero-order valence-corrected chi connectivity index (χ0v) is 20.3. The summed E-state index contributed by atoms with van der Waals surface area (Å²) in [6, 6.07) is 11.7. The predicted octanol–water partition coefficient (Wildman–Crippen LogP) is 5.82. The van der Waals surface area contributed by atoms with E-state index in [0.717, 1.165) is 51.2 Å². The summed E-state index contributed by atoms with van der Waals surface area (Å²) in [7, 11) is 0. The Balaban J connectivity index is 1.37. The SMILES string of the molecule is CCCCC(=O)Nc1cncc(-c2ccc3[nH]nc(-c4nc5c(-c6cccs6)nccc5[nH]4)c3n2)c1. The fraction of sp³-hybridized carbons (Fsp3) is 0.154. The van der Waals surface area contributed by atoms with Crippen molar-refractivity contribution in [3.8, 4) is 33.3 Å². The number of pyridine rings is 3. The molecule has 0 atom stereocenters. The van der Waals surface area contributed by atoms with Crippen molar-refractivity contribution in [2.75, 3.05) is 5.32 Å². The van der Waals surface area contributed by atoms with E-state index in [2.05, 4.69) is 37.4 Å². The summed E-state index contributed by atoms with van der Waals surface area (Å²) in [6.45, 7) is 2.06. The van der Waals surface area contributed by atoms with E-state index in [-0.39, 0.29) is 5.91 Å². The van der Waals surface area contributed by atoms with Gasteiger partial charge in [-0.1, -0.05) is 19.4 Å². The van der Waals surface area contributed by atoms with Crippen LogP contribution in [0.5, 0.6) is 0 Å². The van der Waals surface area contributed by atoms with Crippen LogP contribution in [-0.2, 0) is 4.79 Å². The molecule has 6 heterocycles. The lowest BCUT2D eigenvalue weighted by Crippen LogP contribution is -2.11. The number of carbonyl (C=O) groups is 1. The van der Waals surface area contributed by atoms with Crippen LogP contribution in [0.4, 0.5) is 5.69 Å². The minimum Gasteiger partial charge on any atom is -0.336 e. The minimum atomic E-state index is -0.0161. The van der Waals surface area contributed by atoms with Gasteiger partial charge in [-0.15, -0.1) is 11.3 Å². The fourth-order valence-corrected chi connectivity index (χ4v) is 4.80. The molecule has 6 aromatic heterocycles. The standard InChI is InChI=1S/C26H22N8OS/c1-2-3-6-21(35)29-16-12-15(13-27-14-16)17-7-8-19-23(30-17)25(34-33-19)26-31-18-9-10-28-24(22(18)32-26)20-5-4-11-36-20/h4-5,7-14H,2-3,6H2,1H3,(H,29,35)(H,31,32)(H,33,34). The number of hydrogen-bond acceptors (Lipinski definition) is 7. The third-order valence-electron chi connectivity index (χ3n) is 5.86. The normalized spacial score (nSPS) is 11.4. The monoisotopic (exact) mass is 494 g/mol. The summed E-state index contributed by atoms with van der Waals surface area (Å²) < 4.78 is 0. The molecule has 0 aliphatic heterocycles. The number of imidazole rings is 1. The highest BCUT2D eigenvalue weighted by molar-refractivity contribution is 7.13. The Labute approximate surface area is 210 Å². The van der Waals surface area contributed by atoms with Crippen LogP contribution in [0.2, 0.25) is 0 Å². The Morgan fingerprint density at radius 2 is 1.97 bits per heavy atom. The summed E-state index contributed by atoms with van der Waals surface area (Å²) >= 11 is 1.63. The zero-order valence-electron chi connectivity index (χ0n) is 19.4. The van der Waals surface area contributed by atoms with Crippen molar-refractivity contribution in [3.05, 3.63) is 60.4 Å². The van der Waals surface area contributed by atoms with Gasteiger partial charge in [0.05, 0.1) is 33.5 Å². The molecule has 0 aromatic carbocycles. The van der Waals surface area contributed by atoms with Gasteiger partial charge < -0.3 is 10.3 Å². The maximum Gasteiger partial charge on any atom is 0.224 e. The highest BCUT2D eigenvalue weighted by Crippen LogP contribution is 2.32. The number of hydrogen-bond donors (Lipinski definition) is 3. The van der Waals surface area contributed by atoms with E-state index < -0.39 is 0 Å². The summed E-state index contributed by atoms with van der Waals surface area (Å²) in [4.78, 5) is 35.1. The number of thiophene rings is 1. The molecular weight excluding hydrogens is 472 g/mol. The maximum absolute atomic E-state index is 12.2. The van der Waals surface area contributed by atoms with Gasteiger partial charge in [0.2, 0.25) is 5.91 Å². The molecule has 6 rings (SSSR count). The van der Waals surface area contributed by atoms with Crippen molar-refractivity contribution >= 4 is 45.0 Å². The Kier molecular flexibility index (Phi) is 5.70. The number of anilines is 1. The molecule has 0 fully saturated rings. The highest BCUT2D eigenvalue weighted by Gasteiger charge is 2.18. The molecule has 36 heavy (non-hydrogen) atoms. The zero-order chi connectivity index (χ0) is 24.5. The van der Waals surface area contributed by atoms with Crippen LogP contribution < -0.4 is 5.32 Å². The van der Waals surface area contributed by atoms with Gasteiger partial charge in [-0.25, -0.2) is 9.97 Å².